The highest BCUT2D eigenvalue weighted by molar-refractivity contribution is 6.41. The quantitative estimate of drug-likeness (QED) is 0.474. The summed E-state index contributed by atoms with van der Waals surface area (Å²) in [5, 5.41) is 0. The van der Waals surface area contributed by atoms with Gasteiger partial charge in [-0.25, -0.2) is 4.79 Å². The van der Waals surface area contributed by atoms with Crippen molar-refractivity contribution < 1.29 is 19.1 Å². The largest absolute Gasteiger partial charge is 0.493 e. The summed E-state index contributed by atoms with van der Waals surface area (Å²) in [6.07, 6.45) is 0. The van der Waals surface area contributed by atoms with Gasteiger partial charge in [0.2, 0.25) is 0 Å². The molecule has 0 aliphatic heterocycles. The molecule has 0 saturated carbocycles. The number of hydrogen-bond donors (Lipinski definition) is 0. The van der Waals surface area contributed by atoms with Gasteiger partial charge in [0.1, 0.15) is 5.75 Å². The molecule has 4 heteroatoms. The SMILES string of the molecule is CCOC(=O)C(=O)c1cc(C)cc(C(C)(C)C)c1OCC. The van der Waals surface area contributed by atoms with Crippen molar-refractivity contribution in [2.75, 3.05) is 13.2 Å². The zero-order valence-electron chi connectivity index (χ0n) is 13.7. The Balaban J connectivity index is 3.46. The molecule has 4 nitrogen and oxygen atoms in total. The number of esters is 1. The van der Waals surface area contributed by atoms with E-state index in [-0.39, 0.29) is 17.6 Å². The lowest BCUT2D eigenvalue weighted by Crippen LogP contribution is -2.21. The van der Waals surface area contributed by atoms with E-state index in [0.29, 0.717) is 12.4 Å². The minimum absolute atomic E-state index is 0.173. The number of Topliss-reactive ketones (excluding diaryl/α,β-unsaturated/α-hetero) is 1. The van der Waals surface area contributed by atoms with Crippen LogP contribution in [0.2, 0.25) is 0 Å². The number of hydrogen-bond acceptors (Lipinski definition) is 4. The van der Waals surface area contributed by atoms with Gasteiger partial charge in [-0.3, -0.25) is 4.79 Å². The zero-order valence-corrected chi connectivity index (χ0v) is 13.7. The summed E-state index contributed by atoms with van der Waals surface area (Å²) in [6, 6.07) is 3.67. The van der Waals surface area contributed by atoms with E-state index in [1.807, 2.05) is 40.7 Å². The van der Waals surface area contributed by atoms with E-state index < -0.39 is 11.8 Å². The number of ether oxygens (including phenoxy) is 2. The number of benzene rings is 1. The van der Waals surface area contributed by atoms with Gasteiger partial charge in [-0.15, -0.1) is 0 Å². The fourth-order valence-electron chi connectivity index (χ4n) is 2.11. The molecule has 0 fully saturated rings. The molecule has 0 heterocycles. The lowest BCUT2D eigenvalue weighted by Gasteiger charge is -2.25. The van der Waals surface area contributed by atoms with Crippen molar-refractivity contribution in [1.29, 1.82) is 0 Å². The van der Waals surface area contributed by atoms with Crippen molar-refractivity contribution in [1.82, 2.24) is 0 Å². The maximum Gasteiger partial charge on any atom is 0.379 e. The number of carbonyl (C=O) groups excluding carboxylic acids is 2. The highest BCUT2D eigenvalue weighted by Gasteiger charge is 2.28. The van der Waals surface area contributed by atoms with E-state index in [4.69, 9.17) is 9.47 Å². The molecule has 0 saturated heterocycles. The molecule has 0 aromatic heterocycles. The van der Waals surface area contributed by atoms with Crippen LogP contribution in [0.5, 0.6) is 5.75 Å². The molecule has 1 rings (SSSR count). The Hall–Kier alpha value is -1.84. The Morgan fingerprint density at radius 2 is 1.71 bits per heavy atom. The molecule has 0 amide bonds. The highest BCUT2D eigenvalue weighted by Crippen LogP contribution is 2.35. The second kappa shape index (κ2) is 6.74. The standard InChI is InChI=1S/C17H24O4/c1-7-20-15-12(14(18)16(19)21-8-2)9-11(3)10-13(15)17(4,5)6/h9-10H,7-8H2,1-6H3. The first kappa shape index (κ1) is 17.2. The summed E-state index contributed by atoms with van der Waals surface area (Å²) in [7, 11) is 0. The Morgan fingerprint density at radius 1 is 1.10 bits per heavy atom. The summed E-state index contributed by atoms with van der Waals surface area (Å²) in [5.74, 6) is -1.02. The van der Waals surface area contributed by atoms with Gasteiger partial charge in [0.15, 0.2) is 0 Å². The fourth-order valence-corrected chi connectivity index (χ4v) is 2.11. The highest BCUT2D eigenvalue weighted by atomic mass is 16.5. The maximum atomic E-state index is 12.3. The Bertz CT molecular complexity index is 538. The van der Waals surface area contributed by atoms with Crippen molar-refractivity contribution in [3.05, 3.63) is 28.8 Å². The first-order valence-electron chi connectivity index (χ1n) is 7.21. The van der Waals surface area contributed by atoms with Crippen molar-refractivity contribution in [2.45, 2.75) is 47.0 Å². The third-order valence-corrected chi connectivity index (χ3v) is 3.04. The average molecular weight is 292 g/mol. The summed E-state index contributed by atoms with van der Waals surface area (Å²) < 4.78 is 10.5. The molecule has 0 N–H and O–H groups in total. The topological polar surface area (TPSA) is 52.6 Å². The van der Waals surface area contributed by atoms with Crippen LogP contribution in [0.15, 0.2) is 12.1 Å². The van der Waals surface area contributed by atoms with Crippen LogP contribution in [0.4, 0.5) is 0 Å². The Morgan fingerprint density at radius 3 is 2.19 bits per heavy atom. The molecule has 0 aliphatic carbocycles. The van der Waals surface area contributed by atoms with E-state index in [1.54, 1.807) is 13.0 Å². The van der Waals surface area contributed by atoms with Crippen molar-refractivity contribution in [3.63, 3.8) is 0 Å². The molecule has 0 unspecified atom stereocenters. The van der Waals surface area contributed by atoms with Gasteiger partial charge in [0.05, 0.1) is 18.8 Å². The van der Waals surface area contributed by atoms with Crippen LogP contribution in [-0.4, -0.2) is 25.0 Å². The average Bonchev–Trinajstić information content (AvgIpc) is 2.38. The fraction of sp³-hybridized carbons (Fsp3) is 0.529. The molecule has 21 heavy (non-hydrogen) atoms. The van der Waals surface area contributed by atoms with Gasteiger partial charge in [0, 0.05) is 5.56 Å². The van der Waals surface area contributed by atoms with Crippen LogP contribution < -0.4 is 4.74 Å². The molecule has 1 aromatic rings. The summed E-state index contributed by atoms with van der Waals surface area (Å²) in [5.41, 5.74) is 1.91. The van der Waals surface area contributed by atoms with E-state index >= 15 is 0 Å². The molecule has 0 radical (unpaired) electrons. The minimum atomic E-state index is -0.844. The van der Waals surface area contributed by atoms with E-state index in [1.165, 1.54) is 0 Å². The number of carbonyl (C=O) groups is 2. The van der Waals surface area contributed by atoms with Gasteiger partial charge < -0.3 is 9.47 Å². The normalized spacial score (nSPS) is 11.1. The van der Waals surface area contributed by atoms with E-state index in [2.05, 4.69) is 0 Å². The second-order valence-corrected chi connectivity index (χ2v) is 5.92. The van der Waals surface area contributed by atoms with Crippen LogP contribution in [0.3, 0.4) is 0 Å². The molecule has 0 spiro atoms. The first-order chi connectivity index (χ1) is 9.72. The third-order valence-electron chi connectivity index (χ3n) is 3.04. The van der Waals surface area contributed by atoms with Crippen LogP contribution in [0.1, 0.15) is 56.1 Å². The van der Waals surface area contributed by atoms with Crippen molar-refractivity contribution >= 4 is 11.8 Å². The van der Waals surface area contributed by atoms with Gasteiger partial charge in [-0.05, 0) is 37.8 Å². The predicted molar refractivity (Wildman–Crippen MR) is 82.0 cm³/mol. The first-order valence-corrected chi connectivity index (χ1v) is 7.21. The third kappa shape index (κ3) is 4.06. The van der Waals surface area contributed by atoms with Crippen LogP contribution in [0.25, 0.3) is 0 Å². The summed E-state index contributed by atoms with van der Waals surface area (Å²) in [6.45, 7) is 12.2. The maximum absolute atomic E-state index is 12.3. The van der Waals surface area contributed by atoms with E-state index in [0.717, 1.165) is 11.1 Å². The Labute approximate surface area is 126 Å². The molecule has 0 atom stereocenters. The number of aryl methyl sites for hydroxylation is 1. The van der Waals surface area contributed by atoms with Crippen LogP contribution >= 0.6 is 0 Å². The second-order valence-electron chi connectivity index (χ2n) is 5.92. The van der Waals surface area contributed by atoms with E-state index in [9.17, 15) is 9.59 Å². The predicted octanol–water partition coefficient (Wildman–Crippen LogP) is 3.44. The van der Waals surface area contributed by atoms with Crippen LogP contribution in [-0.2, 0) is 14.9 Å². The summed E-state index contributed by atoms with van der Waals surface area (Å²) >= 11 is 0. The molecular weight excluding hydrogens is 268 g/mol. The van der Waals surface area contributed by atoms with Crippen LogP contribution in [0, 0.1) is 6.92 Å². The van der Waals surface area contributed by atoms with Gasteiger partial charge in [0.25, 0.3) is 5.78 Å². The lowest BCUT2D eigenvalue weighted by molar-refractivity contribution is -0.137. The molecule has 0 bridgehead atoms. The van der Waals surface area contributed by atoms with Crippen molar-refractivity contribution in [2.24, 2.45) is 0 Å². The molecule has 1 aromatic carbocycles. The molecule has 116 valence electrons. The smallest absolute Gasteiger partial charge is 0.379 e. The minimum Gasteiger partial charge on any atom is -0.493 e. The molecule has 0 aliphatic rings. The number of ketones is 1. The molecular formula is C17H24O4. The van der Waals surface area contributed by atoms with Crippen molar-refractivity contribution in [3.8, 4) is 5.75 Å². The monoisotopic (exact) mass is 292 g/mol. The zero-order chi connectivity index (χ0) is 16.2. The number of rotatable bonds is 5. The van der Waals surface area contributed by atoms with Gasteiger partial charge in [-0.2, -0.15) is 0 Å². The van der Waals surface area contributed by atoms with Gasteiger partial charge in [-0.1, -0.05) is 26.8 Å². The summed E-state index contributed by atoms with van der Waals surface area (Å²) in [4.78, 5) is 24.1. The lowest BCUT2D eigenvalue weighted by atomic mass is 9.83. The Kier molecular flexibility index (Phi) is 5.53. The van der Waals surface area contributed by atoms with Gasteiger partial charge >= 0.3 is 5.97 Å².